The molecule has 0 aliphatic rings. The molecule has 0 radical (unpaired) electrons. The maximum Gasteiger partial charge on any atom is 0.0434 e. The fourth-order valence-electron chi connectivity index (χ4n) is 0.987. The lowest BCUT2D eigenvalue weighted by Crippen LogP contribution is -2.03. The predicted octanol–water partition coefficient (Wildman–Crippen LogP) is 3.87. The maximum atomic E-state index is 4.30. The van der Waals surface area contributed by atoms with Crippen LogP contribution in [0.2, 0.25) is 0 Å². The molecule has 1 atom stereocenters. The van der Waals surface area contributed by atoms with E-state index in [1.54, 1.807) is 0 Å². The van der Waals surface area contributed by atoms with Crippen LogP contribution in [-0.4, -0.2) is 4.98 Å². The lowest BCUT2D eigenvalue weighted by molar-refractivity contribution is 0.523. The Bertz CT molecular complexity index is 204. The van der Waals surface area contributed by atoms with Gasteiger partial charge in [0.05, 0.1) is 0 Å². The highest BCUT2D eigenvalue weighted by Crippen LogP contribution is 2.20. The van der Waals surface area contributed by atoms with E-state index >= 15 is 0 Å². The minimum absolute atomic E-state index is 0.566. The Morgan fingerprint density at radius 2 is 1.69 bits per heavy atom. The molecule has 0 bridgehead atoms. The lowest BCUT2D eigenvalue weighted by Gasteiger charge is -2.13. The van der Waals surface area contributed by atoms with Gasteiger partial charge in [-0.3, -0.25) is 4.98 Å². The van der Waals surface area contributed by atoms with E-state index in [1.807, 2.05) is 32.2 Å². The van der Waals surface area contributed by atoms with Crippen LogP contribution in [0.15, 0.2) is 24.4 Å². The van der Waals surface area contributed by atoms with Crippen LogP contribution in [0.4, 0.5) is 0 Å². The molecular formula is C12H21N. The van der Waals surface area contributed by atoms with Gasteiger partial charge in [-0.05, 0) is 18.1 Å². The zero-order valence-corrected chi connectivity index (χ0v) is 9.41. The third-order valence-electron chi connectivity index (χ3n) is 2.15. The van der Waals surface area contributed by atoms with Gasteiger partial charge in [0.25, 0.3) is 0 Å². The summed E-state index contributed by atoms with van der Waals surface area (Å²) in [5.41, 5.74) is 1.20. The van der Waals surface area contributed by atoms with Gasteiger partial charge in [0.15, 0.2) is 0 Å². The lowest BCUT2D eigenvalue weighted by atomic mass is 9.94. The summed E-state index contributed by atoms with van der Waals surface area (Å²) in [4.78, 5) is 4.30. The Kier molecular flexibility index (Phi) is 6.21. The second-order valence-electron chi connectivity index (χ2n) is 3.29. The van der Waals surface area contributed by atoms with Gasteiger partial charge in [0.1, 0.15) is 0 Å². The molecule has 0 N–H and O–H groups in total. The van der Waals surface area contributed by atoms with Gasteiger partial charge < -0.3 is 0 Å². The van der Waals surface area contributed by atoms with Crippen LogP contribution < -0.4 is 0 Å². The Hall–Kier alpha value is -0.850. The van der Waals surface area contributed by atoms with Crippen LogP contribution in [0.1, 0.15) is 46.2 Å². The number of pyridine rings is 1. The predicted molar refractivity (Wildman–Crippen MR) is 58.8 cm³/mol. The number of hydrogen-bond donors (Lipinski definition) is 0. The smallest absolute Gasteiger partial charge is 0.0434 e. The molecular weight excluding hydrogens is 158 g/mol. The molecule has 1 heterocycles. The first-order chi connectivity index (χ1) is 6.22. The molecule has 0 fully saturated rings. The van der Waals surface area contributed by atoms with E-state index in [4.69, 9.17) is 0 Å². The molecule has 1 nitrogen and oxygen atoms in total. The maximum absolute atomic E-state index is 4.30. The molecule has 1 unspecified atom stereocenters. The number of nitrogens with zero attached hydrogens (tertiary/aromatic N) is 1. The van der Waals surface area contributed by atoms with Crippen molar-refractivity contribution in [2.24, 2.45) is 5.92 Å². The zero-order chi connectivity index (χ0) is 10.3. The molecule has 0 spiro atoms. The third-order valence-corrected chi connectivity index (χ3v) is 2.15. The number of hydrogen-bond acceptors (Lipinski definition) is 1. The molecule has 1 heteroatoms. The van der Waals surface area contributed by atoms with Crippen molar-refractivity contribution < 1.29 is 0 Å². The van der Waals surface area contributed by atoms with Crippen LogP contribution >= 0.6 is 0 Å². The van der Waals surface area contributed by atoms with Crippen molar-refractivity contribution in [3.8, 4) is 0 Å². The minimum atomic E-state index is 0.566. The molecule has 0 amide bonds. The van der Waals surface area contributed by atoms with Crippen LogP contribution in [0, 0.1) is 5.92 Å². The van der Waals surface area contributed by atoms with E-state index < -0.39 is 0 Å². The summed E-state index contributed by atoms with van der Waals surface area (Å²) in [5, 5.41) is 0. The summed E-state index contributed by atoms with van der Waals surface area (Å²) in [5.74, 6) is 1.24. The van der Waals surface area contributed by atoms with Crippen LogP contribution in [0.5, 0.6) is 0 Å². The second-order valence-corrected chi connectivity index (χ2v) is 3.29. The molecule has 74 valence electrons. The van der Waals surface area contributed by atoms with E-state index in [-0.39, 0.29) is 0 Å². The van der Waals surface area contributed by atoms with Crippen molar-refractivity contribution in [1.29, 1.82) is 0 Å². The quantitative estimate of drug-likeness (QED) is 0.671. The first-order valence-corrected chi connectivity index (χ1v) is 5.12. The summed E-state index contributed by atoms with van der Waals surface area (Å²) in [6.45, 7) is 10.7. The van der Waals surface area contributed by atoms with Crippen molar-refractivity contribution in [2.45, 2.75) is 40.5 Å². The normalized spacial score (nSPS) is 11.8. The standard InChI is InChI=1S/C10H15N.C2H6/c1-8(2)9(3)10-6-4-5-7-11-10;1-2/h4-9H,1-3H3;1-2H3. The summed E-state index contributed by atoms with van der Waals surface area (Å²) in [6.07, 6.45) is 1.86. The monoisotopic (exact) mass is 179 g/mol. The molecule has 13 heavy (non-hydrogen) atoms. The molecule has 0 saturated carbocycles. The van der Waals surface area contributed by atoms with E-state index in [1.165, 1.54) is 5.69 Å². The molecule has 1 rings (SSSR count). The molecule has 0 aliphatic heterocycles. The van der Waals surface area contributed by atoms with Crippen LogP contribution in [-0.2, 0) is 0 Å². The summed E-state index contributed by atoms with van der Waals surface area (Å²) >= 11 is 0. The highest BCUT2D eigenvalue weighted by molar-refractivity contribution is 5.08. The van der Waals surface area contributed by atoms with Gasteiger partial charge in [-0.2, -0.15) is 0 Å². The third kappa shape index (κ3) is 4.07. The average molecular weight is 179 g/mol. The van der Waals surface area contributed by atoms with Gasteiger partial charge in [0.2, 0.25) is 0 Å². The zero-order valence-electron chi connectivity index (χ0n) is 9.41. The average Bonchev–Trinajstić information content (AvgIpc) is 2.21. The van der Waals surface area contributed by atoms with Crippen LogP contribution in [0.25, 0.3) is 0 Å². The van der Waals surface area contributed by atoms with E-state index in [9.17, 15) is 0 Å². The van der Waals surface area contributed by atoms with Crippen molar-refractivity contribution in [2.75, 3.05) is 0 Å². The molecule has 0 aromatic carbocycles. The SMILES string of the molecule is CC.CC(C)C(C)c1ccccn1. The Balaban J connectivity index is 0.000000671. The molecule has 0 saturated heterocycles. The minimum Gasteiger partial charge on any atom is -0.261 e. The Morgan fingerprint density at radius 1 is 1.08 bits per heavy atom. The summed E-state index contributed by atoms with van der Waals surface area (Å²) in [7, 11) is 0. The van der Waals surface area contributed by atoms with Crippen molar-refractivity contribution >= 4 is 0 Å². The highest BCUT2D eigenvalue weighted by atomic mass is 14.7. The fourth-order valence-corrected chi connectivity index (χ4v) is 0.987. The topological polar surface area (TPSA) is 12.9 Å². The van der Waals surface area contributed by atoms with E-state index in [0.29, 0.717) is 11.8 Å². The molecule has 0 aliphatic carbocycles. The van der Waals surface area contributed by atoms with E-state index in [0.717, 1.165) is 0 Å². The van der Waals surface area contributed by atoms with Crippen LogP contribution in [0.3, 0.4) is 0 Å². The van der Waals surface area contributed by atoms with E-state index in [2.05, 4.69) is 31.8 Å². The van der Waals surface area contributed by atoms with Crippen molar-refractivity contribution in [3.63, 3.8) is 0 Å². The van der Waals surface area contributed by atoms with Gasteiger partial charge in [-0.1, -0.05) is 40.7 Å². The Labute approximate surface area is 82.2 Å². The molecule has 1 aromatic rings. The number of rotatable bonds is 2. The first kappa shape index (κ1) is 12.2. The fraction of sp³-hybridized carbons (Fsp3) is 0.583. The molecule has 1 aromatic heterocycles. The van der Waals surface area contributed by atoms with Gasteiger partial charge in [-0.25, -0.2) is 0 Å². The van der Waals surface area contributed by atoms with Crippen molar-refractivity contribution in [3.05, 3.63) is 30.1 Å². The Morgan fingerprint density at radius 3 is 2.08 bits per heavy atom. The van der Waals surface area contributed by atoms with Gasteiger partial charge in [0, 0.05) is 17.8 Å². The first-order valence-electron chi connectivity index (χ1n) is 5.12. The number of aromatic nitrogens is 1. The largest absolute Gasteiger partial charge is 0.261 e. The summed E-state index contributed by atoms with van der Waals surface area (Å²) in [6, 6.07) is 6.09. The van der Waals surface area contributed by atoms with Gasteiger partial charge >= 0.3 is 0 Å². The second kappa shape index (κ2) is 6.64. The highest BCUT2D eigenvalue weighted by Gasteiger charge is 2.09. The van der Waals surface area contributed by atoms with Gasteiger partial charge in [-0.15, -0.1) is 0 Å². The summed E-state index contributed by atoms with van der Waals surface area (Å²) < 4.78 is 0. The van der Waals surface area contributed by atoms with Crippen molar-refractivity contribution in [1.82, 2.24) is 4.98 Å².